The average molecular weight is 313 g/mol. The fourth-order valence-electron chi connectivity index (χ4n) is 3.36. The van der Waals surface area contributed by atoms with Gasteiger partial charge in [0.2, 0.25) is 5.91 Å². The number of nitrogens with one attached hydrogen (secondary N) is 2. The molecule has 1 aromatic heterocycles. The van der Waals surface area contributed by atoms with Crippen LogP contribution in [0.3, 0.4) is 0 Å². The van der Waals surface area contributed by atoms with Crippen LogP contribution in [-0.4, -0.2) is 41.4 Å². The molecular weight excluding hydrogens is 294 g/mol. The summed E-state index contributed by atoms with van der Waals surface area (Å²) in [6.45, 7) is 2.46. The molecule has 1 aromatic carbocycles. The molecule has 0 bridgehead atoms. The van der Waals surface area contributed by atoms with Crippen LogP contribution in [0.1, 0.15) is 25.3 Å². The maximum absolute atomic E-state index is 12.0. The molecule has 3 heterocycles. The lowest BCUT2D eigenvalue weighted by molar-refractivity contribution is -0.120. The normalized spacial score (nSPS) is 20.1. The summed E-state index contributed by atoms with van der Waals surface area (Å²) in [4.78, 5) is 24.8. The molecule has 120 valence electrons. The number of imide groups is 1. The van der Waals surface area contributed by atoms with Gasteiger partial charge in [0.15, 0.2) is 0 Å². The summed E-state index contributed by atoms with van der Waals surface area (Å²) >= 11 is 0. The minimum absolute atomic E-state index is 0.217. The number of nitrogens with zero attached hydrogens (tertiary/aromatic N) is 3. The molecule has 0 spiro atoms. The molecule has 3 amide bonds. The summed E-state index contributed by atoms with van der Waals surface area (Å²) in [6, 6.07) is 5.98. The van der Waals surface area contributed by atoms with Crippen molar-refractivity contribution in [2.24, 2.45) is 0 Å². The van der Waals surface area contributed by atoms with Gasteiger partial charge < -0.3 is 5.32 Å². The molecule has 23 heavy (non-hydrogen) atoms. The Labute approximate surface area is 133 Å². The third-order valence-corrected chi connectivity index (χ3v) is 4.60. The third kappa shape index (κ3) is 2.57. The van der Waals surface area contributed by atoms with Crippen molar-refractivity contribution >= 4 is 28.5 Å². The average Bonchev–Trinajstić information content (AvgIpc) is 2.99. The highest BCUT2D eigenvalue weighted by molar-refractivity contribution is 6.06. The molecule has 2 aliphatic heterocycles. The van der Waals surface area contributed by atoms with Crippen LogP contribution in [0.25, 0.3) is 10.9 Å². The highest BCUT2D eigenvalue weighted by Crippen LogP contribution is 2.27. The first-order chi connectivity index (χ1) is 11.2. The number of urea groups is 1. The predicted molar refractivity (Wildman–Crippen MR) is 86.4 cm³/mol. The number of aromatic nitrogens is 2. The van der Waals surface area contributed by atoms with Crippen molar-refractivity contribution in [2.45, 2.75) is 25.3 Å². The van der Waals surface area contributed by atoms with Gasteiger partial charge in [0.05, 0.1) is 17.8 Å². The second-order valence-corrected chi connectivity index (χ2v) is 6.07. The number of amides is 3. The number of hydrogen-bond acceptors (Lipinski definition) is 4. The molecule has 0 unspecified atom stereocenters. The zero-order valence-electron chi connectivity index (χ0n) is 12.8. The molecule has 2 fully saturated rings. The quantitative estimate of drug-likeness (QED) is 0.878. The van der Waals surface area contributed by atoms with Crippen molar-refractivity contribution < 1.29 is 9.59 Å². The fourth-order valence-corrected chi connectivity index (χ4v) is 3.36. The summed E-state index contributed by atoms with van der Waals surface area (Å²) in [7, 11) is 0. The lowest BCUT2D eigenvalue weighted by atomic mass is 10.1. The van der Waals surface area contributed by atoms with E-state index in [9.17, 15) is 9.59 Å². The number of benzene rings is 1. The largest absolute Gasteiger partial charge is 0.328 e. The molecular formula is C16H19N5O2. The molecule has 2 saturated heterocycles. The Balaban J connectivity index is 1.64. The summed E-state index contributed by atoms with van der Waals surface area (Å²) < 4.78 is 2.10. The number of hydrogen-bond donors (Lipinski definition) is 2. The van der Waals surface area contributed by atoms with Gasteiger partial charge in [-0.15, -0.1) is 0 Å². The van der Waals surface area contributed by atoms with Crippen LogP contribution in [0.4, 0.5) is 10.5 Å². The van der Waals surface area contributed by atoms with Crippen molar-refractivity contribution in [2.75, 3.05) is 24.5 Å². The standard InChI is InChI=1S/C16H19N5O2/c22-15-5-8-20(16(23)19-15)13-1-2-14-11(9-13)10-18-21(14)12-3-6-17-7-4-12/h1-2,9-10,12,17H,3-8H2,(H,19,22,23). The number of carbonyl (C=O) groups is 2. The maximum atomic E-state index is 12.0. The summed E-state index contributed by atoms with van der Waals surface area (Å²) in [6.07, 6.45) is 4.34. The van der Waals surface area contributed by atoms with Crippen LogP contribution in [0.5, 0.6) is 0 Å². The molecule has 2 aromatic rings. The van der Waals surface area contributed by atoms with Gasteiger partial charge in [-0.2, -0.15) is 5.10 Å². The maximum Gasteiger partial charge on any atom is 0.328 e. The minimum Gasteiger partial charge on any atom is -0.317 e. The van der Waals surface area contributed by atoms with E-state index in [-0.39, 0.29) is 11.9 Å². The van der Waals surface area contributed by atoms with E-state index in [4.69, 9.17) is 0 Å². The molecule has 2 aliphatic rings. The monoisotopic (exact) mass is 313 g/mol. The van der Waals surface area contributed by atoms with Crippen molar-refractivity contribution in [3.8, 4) is 0 Å². The summed E-state index contributed by atoms with van der Waals surface area (Å²) in [5, 5.41) is 11.3. The van der Waals surface area contributed by atoms with E-state index in [0.29, 0.717) is 19.0 Å². The molecule has 4 rings (SSSR count). The highest BCUT2D eigenvalue weighted by Gasteiger charge is 2.25. The number of piperidine rings is 1. The first kappa shape index (κ1) is 14.2. The Bertz CT molecular complexity index is 763. The van der Waals surface area contributed by atoms with E-state index in [1.807, 2.05) is 24.4 Å². The van der Waals surface area contributed by atoms with Crippen LogP contribution in [-0.2, 0) is 4.79 Å². The molecule has 0 atom stereocenters. The lowest BCUT2D eigenvalue weighted by Crippen LogP contribution is -2.49. The van der Waals surface area contributed by atoms with E-state index < -0.39 is 0 Å². The summed E-state index contributed by atoms with van der Waals surface area (Å²) in [5.74, 6) is -0.217. The van der Waals surface area contributed by atoms with E-state index in [1.165, 1.54) is 0 Å². The summed E-state index contributed by atoms with van der Waals surface area (Å²) in [5.41, 5.74) is 1.89. The number of anilines is 1. The first-order valence-electron chi connectivity index (χ1n) is 8.02. The molecule has 0 aliphatic carbocycles. The van der Waals surface area contributed by atoms with E-state index in [2.05, 4.69) is 20.4 Å². The van der Waals surface area contributed by atoms with Gasteiger partial charge >= 0.3 is 6.03 Å². The fraction of sp³-hybridized carbons (Fsp3) is 0.438. The highest BCUT2D eigenvalue weighted by atomic mass is 16.2. The Morgan fingerprint density at radius 2 is 2.00 bits per heavy atom. The molecule has 2 N–H and O–H groups in total. The zero-order valence-corrected chi connectivity index (χ0v) is 12.8. The van der Waals surface area contributed by atoms with Crippen LogP contribution >= 0.6 is 0 Å². The topological polar surface area (TPSA) is 79.3 Å². The third-order valence-electron chi connectivity index (χ3n) is 4.60. The number of rotatable bonds is 2. The van der Waals surface area contributed by atoms with Crippen LogP contribution < -0.4 is 15.5 Å². The smallest absolute Gasteiger partial charge is 0.317 e. The number of carbonyl (C=O) groups excluding carboxylic acids is 2. The van der Waals surface area contributed by atoms with E-state index in [1.54, 1.807) is 4.90 Å². The van der Waals surface area contributed by atoms with Crippen molar-refractivity contribution in [1.82, 2.24) is 20.4 Å². The zero-order chi connectivity index (χ0) is 15.8. The van der Waals surface area contributed by atoms with Gasteiger partial charge in [0, 0.05) is 24.0 Å². The minimum atomic E-state index is -0.355. The van der Waals surface area contributed by atoms with Crippen molar-refractivity contribution in [3.05, 3.63) is 24.4 Å². The van der Waals surface area contributed by atoms with E-state index in [0.717, 1.165) is 42.5 Å². The Hall–Kier alpha value is -2.41. The number of fused-ring (bicyclic) bond motifs is 1. The molecule has 0 saturated carbocycles. The van der Waals surface area contributed by atoms with Crippen LogP contribution in [0.2, 0.25) is 0 Å². The second-order valence-electron chi connectivity index (χ2n) is 6.07. The van der Waals surface area contributed by atoms with Gasteiger partial charge in [-0.3, -0.25) is 19.7 Å². The van der Waals surface area contributed by atoms with Gasteiger partial charge in [-0.05, 0) is 44.1 Å². The SMILES string of the molecule is O=C1CCN(c2ccc3c(cnn3C3CCNCC3)c2)C(=O)N1. The Morgan fingerprint density at radius 3 is 2.78 bits per heavy atom. The Kier molecular flexibility index (Phi) is 3.49. The Morgan fingerprint density at radius 1 is 1.17 bits per heavy atom. The lowest BCUT2D eigenvalue weighted by Gasteiger charge is -2.27. The van der Waals surface area contributed by atoms with Crippen molar-refractivity contribution in [3.63, 3.8) is 0 Å². The van der Waals surface area contributed by atoms with Gasteiger partial charge in [-0.25, -0.2) is 4.79 Å². The second kappa shape index (κ2) is 5.66. The van der Waals surface area contributed by atoms with Crippen LogP contribution in [0, 0.1) is 0 Å². The molecule has 0 radical (unpaired) electrons. The molecule has 7 heteroatoms. The molecule has 7 nitrogen and oxygen atoms in total. The predicted octanol–water partition coefficient (Wildman–Crippen LogP) is 1.41. The van der Waals surface area contributed by atoms with Gasteiger partial charge in [0.1, 0.15) is 0 Å². The first-order valence-corrected chi connectivity index (χ1v) is 8.02. The van der Waals surface area contributed by atoms with Gasteiger partial charge in [0.25, 0.3) is 0 Å². The van der Waals surface area contributed by atoms with Gasteiger partial charge in [-0.1, -0.05) is 0 Å². The van der Waals surface area contributed by atoms with Crippen LogP contribution in [0.15, 0.2) is 24.4 Å². The van der Waals surface area contributed by atoms with E-state index >= 15 is 0 Å². The van der Waals surface area contributed by atoms with Crippen molar-refractivity contribution in [1.29, 1.82) is 0 Å².